The fraction of sp³-hybridized carbons (Fsp3) is 0.800. The molecule has 0 aromatic heterocycles. The minimum Gasteiger partial charge on any atom is -0.0917 e. The summed E-state index contributed by atoms with van der Waals surface area (Å²) in [5.74, 6) is 3.97. The van der Waals surface area contributed by atoms with Crippen LogP contribution in [-0.4, -0.2) is 0 Å². The van der Waals surface area contributed by atoms with E-state index in [2.05, 4.69) is 72.8 Å². The molecule has 0 heterocycles. The Hall–Kier alpha value is -0.520. The number of hydrogen-bond donors (Lipinski definition) is 0. The maximum atomic E-state index is 2.44. The van der Waals surface area contributed by atoms with E-state index in [4.69, 9.17) is 0 Å². The van der Waals surface area contributed by atoms with Crippen molar-refractivity contribution in [1.82, 2.24) is 0 Å². The fourth-order valence-electron chi connectivity index (χ4n) is 2.62. The van der Waals surface area contributed by atoms with Gasteiger partial charge in [-0.05, 0) is 55.8 Å². The Kier molecular flexibility index (Phi) is 10.9. The lowest BCUT2D eigenvalue weighted by atomic mass is 9.81. The van der Waals surface area contributed by atoms with E-state index in [-0.39, 0.29) is 0 Å². The topological polar surface area (TPSA) is 0 Å². The van der Waals surface area contributed by atoms with E-state index < -0.39 is 0 Å². The van der Waals surface area contributed by atoms with Crippen LogP contribution >= 0.6 is 0 Å². The van der Waals surface area contributed by atoms with Crippen molar-refractivity contribution in [3.63, 3.8) is 0 Å². The molecule has 0 radical (unpaired) electrons. The summed E-state index contributed by atoms with van der Waals surface area (Å²) in [4.78, 5) is 0. The molecule has 0 bridgehead atoms. The van der Waals surface area contributed by atoms with Crippen molar-refractivity contribution in [1.29, 1.82) is 0 Å². The Labute approximate surface area is 128 Å². The molecule has 20 heavy (non-hydrogen) atoms. The summed E-state index contributed by atoms with van der Waals surface area (Å²) in [5, 5.41) is 0. The summed E-state index contributed by atoms with van der Waals surface area (Å²) in [6.45, 7) is 16.3. The van der Waals surface area contributed by atoms with Gasteiger partial charge < -0.3 is 0 Å². The first-order chi connectivity index (χ1) is 9.42. The molecule has 0 aromatic rings. The molecular formula is C20H38. The first-order valence-corrected chi connectivity index (χ1v) is 8.70. The van der Waals surface area contributed by atoms with Crippen LogP contribution in [0.4, 0.5) is 0 Å². The molecule has 0 aliphatic carbocycles. The molecule has 0 aromatic carbocycles. The fourth-order valence-corrected chi connectivity index (χ4v) is 2.62. The summed E-state index contributed by atoms with van der Waals surface area (Å²) >= 11 is 0. The molecule has 118 valence electrons. The zero-order chi connectivity index (χ0) is 15.5. The van der Waals surface area contributed by atoms with Crippen molar-refractivity contribution in [3.05, 3.63) is 24.3 Å². The number of hydrogen-bond acceptors (Lipinski definition) is 0. The molecule has 0 saturated carbocycles. The van der Waals surface area contributed by atoms with E-state index in [0.717, 1.165) is 23.7 Å². The van der Waals surface area contributed by atoms with Gasteiger partial charge in [0.05, 0.1) is 0 Å². The molecule has 5 unspecified atom stereocenters. The summed E-state index contributed by atoms with van der Waals surface area (Å²) in [7, 11) is 0. The van der Waals surface area contributed by atoms with Gasteiger partial charge in [0.1, 0.15) is 0 Å². The van der Waals surface area contributed by atoms with E-state index in [0.29, 0.717) is 5.92 Å². The highest BCUT2D eigenvalue weighted by Crippen LogP contribution is 2.27. The molecule has 0 amide bonds. The van der Waals surface area contributed by atoms with Crippen LogP contribution in [0.3, 0.4) is 0 Å². The maximum Gasteiger partial charge on any atom is -0.0236 e. The van der Waals surface area contributed by atoms with Crippen LogP contribution in [-0.2, 0) is 0 Å². The molecule has 0 heteroatoms. The first-order valence-electron chi connectivity index (χ1n) is 8.70. The van der Waals surface area contributed by atoms with Crippen molar-refractivity contribution < 1.29 is 0 Å². The van der Waals surface area contributed by atoms with Gasteiger partial charge in [0.15, 0.2) is 0 Å². The third kappa shape index (κ3) is 8.61. The highest BCUT2D eigenvalue weighted by Gasteiger charge is 2.17. The Morgan fingerprint density at radius 1 is 0.800 bits per heavy atom. The lowest BCUT2D eigenvalue weighted by Gasteiger charge is -2.25. The number of rotatable bonds is 10. The Morgan fingerprint density at radius 3 is 1.95 bits per heavy atom. The molecule has 0 saturated heterocycles. The van der Waals surface area contributed by atoms with Crippen molar-refractivity contribution >= 4 is 0 Å². The smallest absolute Gasteiger partial charge is 0.0236 e. The van der Waals surface area contributed by atoms with Crippen LogP contribution in [0, 0.1) is 29.6 Å². The Morgan fingerprint density at radius 2 is 1.40 bits per heavy atom. The molecule has 5 atom stereocenters. The van der Waals surface area contributed by atoms with Crippen molar-refractivity contribution in [2.24, 2.45) is 29.6 Å². The second-order valence-electron chi connectivity index (χ2n) is 7.01. The van der Waals surface area contributed by atoms with Gasteiger partial charge in [-0.1, -0.05) is 72.3 Å². The van der Waals surface area contributed by atoms with Gasteiger partial charge in [0.25, 0.3) is 0 Å². The van der Waals surface area contributed by atoms with Crippen LogP contribution in [0.5, 0.6) is 0 Å². The van der Waals surface area contributed by atoms with E-state index in [1.807, 2.05) is 0 Å². The zero-order valence-electron chi connectivity index (χ0n) is 15.0. The van der Waals surface area contributed by atoms with Crippen molar-refractivity contribution in [2.75, 3.05) is 0 Å². The molecule has 0 nitrogen and oxygen atoms in total. The molecule has 0 N–H and O–H groups in total. The second-order valence-corrected chi connectivity index (χ2v) is 7.01. The van der Waals surface area contributed by atoms with Crippen LogP contribution in [0.15, 0.2) is 24.3 Å². The maximum absolute atomic E-state index is 2.44. The van der Waals surface area contributed by atoms with E-state index in [1.165, 1.54) is 25.7 Å². The Bertz CT molecular complexity index is 274. The van der Waals surface area contributed by atoms with E-state index in [9.17, 15) is 0 Å². The largest absolute Gasteiger partial charge is 0.0917 e. The van der Waals surface area contributed by atoms with Gasteiger partial charge in [-0.2, -0.15) is 0 Å². The predicted molar refractivity (Wildman–Crippen MR) is 93.9 cm³/mol. The van der Waals surface area contributed by atoms with Crippen LogP contribution in [0.2, 0.25) is 0 Å². The first kappa shape index (κ1) is 19.5. The Balaban J connectivity index is 4.08. The highest BCUT2D eigenvalue weighted by atomic mass is 14.2. The lowest BCUT2D eigenvalue weighted by molar-refractivity contribution is 0.279. The quantitative estimate of drug-likeness (QED) is 0.382. The SMILES string of the molecule is CC=CCC(C)CC=CC(C)C(C)CC(C)C(C)CC. The van der Waals surface area contributed by atoms with Crippen LogP contribution in [0.25, 0.3) is 0 Å². The predicted octanol–water partition coefficient (Wildman–Crippen LogP) is 6.88. The molecule has 0 fully saturated rings. The molecular weight excluding hydrogens is 240 g/mol. The monoisotopic (exact) mass is 278 g/mol. The molecule has 0 spiro atoms. The zero-order valence-corrected chi connectivity index (χ0v) is 15.0. The average molecular weight is 279 g/mol. The van der Waals surface area contributed by atoms with Gasteiger partial charge in [-0.25, -0.2) is 0 Å². The standard InChI is InChI=1S/C20H38/c1-8-10-12-16(3)13-11-14-18(5)20(7)15-19(6)17(4)9-2/h8,10-11,14,16-20H,9,12-13,15H2,1-7H3. The summed E-state index contributed by atoms with van der Waals surface area (Å²) in [5.41, 5.74) is 0. The third-order valence-corrected chi connectivity index (χ3v) is 5.01. The minimum absolute atomic E-state index is 0.704. The van der Waals surface area contributed by atoms with Gasteiger partial charge in [-0.3, -0.25) is 0 Å². The van der Waals surface area contributed by atoms with Gasteiger partial charge in [-0.15, -0.1) is 0 Å². The summed E-state index contributed by atoms with van der Waals surface area (Å²) in [6, 6.07) is 0. The summed E-state index contributed by atoms with van der Waals surface area (Å²) in [6.07, 6.45) is 14.4. The average Bonchev–Trinajstić information content (AvgIpc) is 2.43. The van der Waals surface area contributed by atoms with Gasteiger partial charge in [0, 0.05) is 0 Å². The number of allylic oxidation sites excluding steroid dienone is 4. The minimum atomic E-state index is 0.704. The van der Waals surface area contributed by atoms with Crippen LogP contribution in [0.1, 0.15) is 74.1 Å². The molecule has 0 aliphatic rings. The lowest BCUT2D eigenvalue weighted by Crippen LogP contribution is -2.15. The van der Waals surface area contributed by atoms with Crippen molar-refractivity contribution in [2.45, 2.75) is 74.1 Å². The third-order valence-electron chi connectivity index (χ3n) is 5.01. The second kappa shape index (κ2) is 11.2. The van der Waals surface area contributed by atoms with Gasteiger partial charge >= 0.3 is 0 Å². The highest BCUT2D eigenvalue weighted by molar-refractivity contribution is 4.91. The molecule has 0 rings (SSSR count). The normalized spacial score (nSPS) is 20.1. The van der Waals surface area contributed by atoms with E-state index >= 15 is 0 Å². The van der Waals surface area contributed by atoms with Crippen molar-refractivity contribution in [3.8, 4) is 0 Å². The van der Waals surface area contributed by atoms with Crippen LogP contribution < -0.4 is 0 Å². The summed E-state index contributed by atoms with van der Waals surface area (Å²) < 4.78 is 0. The molecule has 0 aliphatic heterocycles. The van der Waals surface area contributed by atoms with Gasteiger partial charge in [0.2, 0.25) is 0 Å². The van der Waals surface area contributed by atoms with E-state index in [1.54, 1.807) is 0 Å².